The Bertz CT molecular complexity index is 1840. The van der Waals surface area contributed by atoms with E-state index < -0.39 is 11.8 Å². The summed E-state index contributed by atoms with van der Waals surface area (Å²) in [6.45, 7) is 4.19. The summed E-state index contributed by atoms with van der Waals surface area (Å²) in [5.74, 6) is -0.411. The Labute approximate surface area is 266 Å². The molecule has 0 saturated carbocycles. The second-order valence-corrected chi connectivity index (χ2v) is 11.6. The van der Waals surface area contributed by atoms with Crippen LogP contribution in [0.3, 0.4) is 0 Å². The largest absolute Gasteiger partial charge is 0.493 e. The fourth-order valence-corrected chi connectivity index (χ4v) is 5.44. The first kappa shape index (κ1) is 31.1. The van der Waals surface area contributed by atoms with Gasteiger partial charge in [-0.05, 0) is 85.3 Å². The number of amides is 3. The highest BCUT2D eigenvalue weighted by atomic mass is 32.2. The lowest BCUT2D eigenvalue weighted by Crippen LogP contribution is -2.30. The average molecular weight is 616 g/mol. The molecule has 7 nitrogen and oxygen atoms in total. The number of carbonyl (C=O) groups excluding carboxylic acids is 3. The van der Waals surface area contributed by atoms with Gasteiger partial charge in [0.2, 0.25) is 5.91 Å². The first-order chi connectivity index (χ1) is 21.9. The molecule has 0 bridgehead atoms. The maximum Gasteiger partial charge on any atom is 0.272 e. The van der Waals surface area contributed by atoms with E-state index in [2.05, 4.69) is 16.0 Å². The quantitative estimate of drug-likeness (QED) is 0.104. The number of hydrogen-bond acceptors (Lipinski definition) is 5. The van der Waals surface area contributed by atoms with Gasteiger partial charge in [-0.1, -0.05) is 66.7 Å². The summed E-state index contributed by atoms with van der Waals surface area (Å²) in [5, 5.41) is 10.4. The summed E-state index contributed by atoms with van der Waals surface area (Å²) in [4.78, 5) is 40.2. The maximum absolute atomic E-state index is 13.5. The number of nitrogens with one attached hydrogen (secondary N) is 3. The third-order valence-corrected chi connectivity index (χ3v) is 7.97. The molecular weight excluding hydrogens is 582 g/mol. The lowest BCUT2D eigenvalue weighted by Gasteiger charge is -2.14. The van der Waals surface area contributed by atoms with Gasteiger partial charge in [0, 0.05) is 27.4 Å². The van der Waals surface area contributed by atoms with Gasteiger partial charge < -0.3 is 20.7 Å². The number of thioether (sulfide) groups is 1. The molecule has 0 spiro atoms. The van der Waals surface area contributed by atoms with E-state index in [1.54, 1.807) is 42.5 Å². The monoisotopic (exact) mass is 615 g/mol. The first-order valence-electron chi connectivity index (χ1n) is 14.6. The topological polar surface area (TPSA) is 96.5 Å². The van der Waals surface area contributed by atoms with E-state index in [1.165, 1.54) is 11.8 Å². The van der Waals surface area contributed by atoms with Crippen LogP contribution in [0.5, 0.6) is 5.75 Å². The van der Waals surface area contributed by atoms with E-state index in [0.717, 1.165) is 21.4 Å². The van der Waals surface area contributed by atoms with Crippen LogP contribution in [0.1, 0.15) is 29.8 Å². The van der Waals surface area contributed by atoms with Gasteiger partial charge >= 0.3 is 0 Å². The third kappa shape index (κ3) is 8.40. The van der Waals surface area contributed by atoms with Crippen LogP contribution in [-0.4, -0.2) is 29.6 Å². The molecule has 5 aromatic rings. The van der Waals surface area contributed by atoms with Crippen molar-refractivity contribution < 1.29 is 19.1 Å². The standard InChI is InChI=1S/C37H33N3O4S/c1-3-44-34-16-10-9-15-29(34)24-33(40-36(42)27-12-5-4-6-13-27)37(43)38-30-19-21-32(22-20-30)45-25(2)35(41)39-31-18-17-26-11-7-8-14-28(26)23-31/h4-25H,3H2,1-2H3,(H,38,43)(H,39,41)(H,40,42)/b33-24-. The lowest BCUT2D eigenvalue weighted by molar-refractivity contribution is -0.115. The van der Waals surface area contributed by atoms with Crippen LogP contribution < -0.4 is 20.7 Å². The molecular formula is C37H33N3O4S. The van der Waals surface area contributed by atoms with E-state index in [1.807, 2.05) is 98.8 Å². The van der Waals surface area contributed by atoms with Crippen molar-refractivity contribution >= 4 is 57.7 Å². The van der Waals surface area contributed by atoms with E-state index >= 15 is 0 Å². The summed E-state index contributed by atoms with van der Waals surface area (Å²) in [6.07, 6.45) is 1.60. The fraction of sp³-hybridized carbons (Fsp3) is 0.108. The molecule has 1 unspecified atom stereocenters. The average Bonchev–Trinajstić information content (AvgIpc) is 3.06. The van der Waals surface area contributed by atoms with Crippen LogP contribution in [0.25, 0.3) is 16.8 Å². The van der Waals surface area contributed by atoms with E-state index in [4.69, 9.17) is 4.74 Å². The molecule has 0 fully saturated rings. The van der Waals surface area contributed by atoms with Crippen molar-refractivity contribution in [3.05, 3.63) is 138 Å². The SMILES string of the molecule is CCOc1ccccc1/C=C(\NC(=O)c1ccccc1)C(=O)Nc1ccc(SC(C)C(=O)Nc2ccc3ccccc3c2)cc1. The summed E-state index contributed by atoms with van der Waals surface area (Å²) in [7, 11) is 0. The van der Waals surface area contributed by atoms with Crippen molar-refractivity contribution in [1.82, 2.24) is 5.32 Å². The molecule has 0 aliphatic heterocycles. The number of carbonyl (C=O) groups is 3. The molecule has 5 rings (SSSR count). The van der Waals surface area contributed by atoms with Crippen molar-refractivity contribution in [1.29, 1.82) is 0 Å². The van der Waals surface area contributed by atoms with Gasteiger partial charge in [0.25, 0.3) is 11.8 Å². The van der Waals surface area contributed by atoms with Crippen LogP contribution in [0.15, 0.2) is 132 Å². The van der Waals surface area contributed by atoms with E-state index in [9.17, 15) is 14.4 Å². The van der Waals surface area contributed by atoms with Gasteiger partial charge in [-0.15, -0.1) is 11.8 Å². The van der Waals surface area contributed by atoms with Crippen molar-refractivity contribution in [2.75, 3.05) is 17.2 Å². The zero-order valence-electron chi connectivity index (χ0n) is 25.0. The van der Waals surface area contributed by atoms with Gasteiger partial charge in [-0.3, -0.25) is 14.4 Å². The Balaban J connectivity index is 1.26. The molecule has 45 heavy (non-hydrogen) atoms. The molecule has 0 aliphatic rings. The second kappa shape index (κ2) is 14.9. The number of benzene rings is 5. The van der Waals surface area contributed by atoms with E-state index in [0.29, 0.717) is 29.2 Å². The van der Waals surface area contributed by atoms with Gasteiger partial charge in [0.1, 0.15) is 11.4 Å². The number of rotatable bonds is 11. The minimum Gasteiger partial charge on any atom is -0.493 e. The zero-order valence-corrected chi connectivity index (χ0v) is 25.8. The minimum absolute atomic E-state index is 0.0634. The lowest BCUT2D eigenvalue weighted by atomic mass is 10.1. The second-order valence-electron chi connectivity index (χ2n) is 10.1. The Hall–Kier alpha value is -5.34. The predicted octanol–water partition coefficient (Wildman–Crippen LogP) is 7.77. The molecule has 226 valence electrons. The van der Waals surface area contributed by atoms with Gasteiger partial charge in [-0.2, -0.15) is 0 Å². The highest BCUT2D eigenvalue weighted by Gasteiger charge is 2.18. The van der Waals surface area contributed by atoms with Crippen LogP contribution >= 0.6 is 11.8 Å². The molecule has 0 heterocycles. The summed E-state index contributed by atoms with van der Waals surface area (Å²) >= 11 is 1.42. The highest BCUT2D eigenvalue weighted by molar-refractivity contribution is 8.00. The number of ether oxygens (including phenoxy) is 1. The Morgan fingerprint density at radius 3 is 2.18 bits per heavy atom. The number of hydrogen-bond donors (Lipinski definition) is 3. The molecule has 0 saturated heterocycles. The smallest absolute Gasteiger partial charge is 0.272 e. The number of para-hydroxylation sites is 1. The molecule has 1 atom stereocenters. The molecule has 0 aliphatic carbocycles. The van der Waals surface area contributed by atoms with Crippen molar-refractivity contribution in [2.45, 2.75) is 24.0 Å². The third-order valence-electron chi connectivity index (χ3n) is 6.86. The van der Waals surface area contributed by atoms with Crippen LogP contribution in [-0.2, 0) is 9.59 Å². The highest BCUT2D eigenvalue weighted by Crippen LogP contribution is 2.27. The fourth-order valence-electron chi connectivity index (χ4n) is 4.57. The number of anilines is 2. The predicted molar refractivity (Wildman–Crippen MR) is 182 cm³/mol. The number of fused-ring (bicyclic) bond motifs is 1. The Morgan fingerprint density at radius 1 is 0.756 bits per heavy atom. The molecule has 5 aromatic carbocycles. The molecule has 0 radical (unpaired) electrons. The molecule has 3 amide bonds. The van der Waals surface area contributed by atoms with Gasteiger partial charge in [0.05, 0.1) is 11.9 Å². The summed E-state index contributed by atoms with van der Waals surface area (Å²) < 4.78 is 5.72. The minimum atomic E-state index is -0.492. The van der Waals surface area contributed by atoms with E-state index in [-0.39, 0.29) is 16.9 Å². The van der Waals surface area contributed by atoms with Crippen LogP contribution in [0.4, 0.5) is 11.4 Å². The van der Waals surface area contributed by atoms with Gasteiger partial charge in [-0.25, -0.2) is 0 Å². The summed E-state index contributed by atoms with van der Waals surface area (Å²) in [6, 6.07) is 37.1. The normalized spacial score (nSPS) is 11.8. The first-order valence-corrected chi connectivity index (χ1v) is 15.4. The molecule has 8 heteroatoms. The van der Waals surface area contributed by atoms with Gasteiger partial charge in [0.15, 0.2) is 0 Å². The van der Waals surface area contributed by atoms with Crippen molar-refractivity contribution in [3.8, 4) is 5.75 Å². The van der Waals surface area contributed by atoms with Crippen LogP contribution in [0, 0.1) is 0 Å². The van der Waals surface area contributed by atoms with Crippen molar-refractivity contribution in [2.24, 2.45) is 0 Å². The van der Waals surface area contributed by atoms with Crippen LogP contribution in [0.2, 0.25) is 0 Å². The molecule has 0 aromatic heterocycles. The maximum atomic E-state index is 13.5. The Morgan fingerprint density at radius 2 is 1.42 bits per heavy atom. The molecule has 3 N–H and O–H groups in total. The summed E-state index contributed by atoms with van der Waals surface area (Å²) in [5.41, 5.74) is 2.43. The Kier molecular flexibility index (Phi) is 10.3. The van der Waals surface area contributed by atoms with Crippen molar-refractivity contribution in [3.63, 3.8) is 0 Å². The zero-order chi connectivity index (χ0) is 31.6.